The standard InChI is InChI=1S/C9H6Cl2O4S/c10-7-5-6(2-4-9(12)13)1-3-8(7)16(11,14)15/h1-5H,(H,12,13)/b4-2+. The lowest BCUT2D eigenvalue weighted by Gasteiger charge is -2.00. The fourth-order valence-corrected chi connectivity index (χ4v) is 2.52. The summed E-state index contributed by atoms with van der Waals surface area (Å²) in [6.45, 7) is 0. The minimum absolute atomic E-state index is 0.0532. The Morgan fingerprint density at radius 2 is 2.00 bits per heavy atom. The van der Waals surface area contributed by atoms with Gasteiger partial charge < -0.3 is 5.11 Å². The highest BCUT2D eigenvalue weighted by Crippen LogP contribution is 2.25. The van der Waals surface area contributed by atoms with Gasteiger partial charge in [-0.2, -0.15) is 0 Å². The lowest BCUT2D eigenvalue weighted by Crippen LogP contribution is -1.92. The largest absolute Gasteiger partial charge is 0.478 e. The van der Waals surface area contributed by atoms with Crippen LogP contribution in [-0.2, 0) is 13.8 Å². The van der Waals surface area contributed by atoms with E-state index in [9.17, 15) is 13.2 Å². The number of carbonyl (C=O) groups is 1. The highest BCUT2D eigenvalue weighted by Gasteiger charge is 2.14. The second-order valence-electron chi connectivity index (χ2n) is 2.80. The van der Waals surface area contributed by atoms with Crippen LogP contribution in [0.4, 0.5) is 0 Å². The first-order chi connectivity index (χ1) is 7.30. The zero-order chi connectivity index (χ0) is 12.3. The van der Waals surface area contributed by atoms with Crippen LogP contribution in [0.15, 0.2) is 29.2 Å². The van der Waals surface area contributed by atoms with Crippen LogP contribution < -0.4 is 0 Å². The van der Waals surface area contributed by atoms with Gasteiger partial charge in [-0.15, -0.1) is 0 Å². The van der Waals surface area contributed by atoms with Crippen LogP contribution in [0.25, 0.3) is 6.08 Å². The maximum atomic E-state index is 11.0. The fraction of sp³-hybridized carbons (Fsp3) is 0. The summed E-state index contributed by atoms with van der Waals surface area (Å²) in [5, 5.41) is 8.34. The van der Waals surface area contributed by atoms with Gasteiger partial charge in [0.2, 0.25) is 0 Å². The molecule has 16 heavy (non-hydrogen) atoms. The average molecular weight is 281 g/mol. The number of aliphatic carboxylic acids is 1. The third kappa shape index (κ3) is 3.52. The van der Waals surface area contributed by atoms with E-state index in [0.29, 0.717) is 5.56 Å². The molecule has 0 aliphatic rings. The lowest BCUT2D eigenvalue weighted by molar-refractivity contribution is -0.131. The van der Waals surface area contributed by atoms with Crippen molar-refractivity contribution in [1.29, 1.82) is 0 Å². The van der Waals surface area contributed by atoms with E-state index in [0.717, 1.165) is 6.08 Å². The van der Waals surface area contributed by atoms with Crippen LogP contribution in [0, 0.1) is 0 Å². The first kappa shape index (κ1) is 13.0. The highest BCUT2D eigenvalue weighted by molar-refractivity contribution is 8.13. The van der Waals surface area contributed by atoms with Gasteiger partial charge in [0.15, 0.2) is 0 Å². The second-order valence-corrected chi connectivity index (χ2v) is 5.74. The molecule has 0 amide bonds. The Labute approximate surface area is 102 Å². The molecule has 0 bridgehead atoms. The van der Waals surface area contributed by atoms with Crippen LogP contribution >= 0.6 is 22.3 Å². The molecule has 7 heteroatoms. The molecule has 0 spiro atoms. The van der Waals surface area contributed by atoms with Crippen LogP contribution in [0.2, 0.25) is 5.02 Å². The number of benzene rings is 1. The maximum Gasteiger partial charge on any atom is 0.328 e. The minimum Gasteiger partial charge on any atom is -0.478 e. The van der Waals surface area contributed by atoms with Crippen molar-refractivity contribution in [2.24, 2.45) is 0 Å². The van der Waals surface area contributed by atoms with E-state index in [1.54, 1.807) is 0 Å². The van der Waals surface area contributed by atoms with Gasteiger partial charge in [0.1, 0.15) is 4.90 Å². The molecule has 1 aromatic rings. The average Bonchev–Trinajstić information content (AvgIpc) is 2.12. The molecule has 0 atom stereocenters. The summed E-state index contributed by atoms with van der Waals surface area (Å²) in [6, 6.07) is 3.93. The predicted octanol–water partition coefficient (Wildman–Crippen LogP) is 2.37. The zero-order valence-corrected chi connectivity index (χ0v) is 10.1. The lowest BCUT2D eigenvalue weighted by atomic mass is 10.2. The number of halogens is 2. The molecule has 1 rings (SSSR count). The van der Waals surface area contributed by atoms with Crippen molar-refractivity contribution in [3.63, 3.8) is 0 Å². The minimum atomic E-state index is -3.88. The second kappa shape index (κ2) is 4.86. The van der Waals surface area contributed by atoms with Crippen LogP contribution in [-0.4, -0.2) is 19.5 Å². The fourth-order valence-electron chi connectivity index (χ4n) is 0.986. The Hall–Kier alpha value is -1.04. The third-order valence-corrected chi connectivity index (χ3v) is 3.44. The molecule has 0 aromatic heterocycles. The van der Waals surface area contributed by atoms with Crippen molar-refractivity contribution < 1.29 is 18.3 Å². The van der Waals surface area contributed by atoms with Crippen molar-refractivity contribution in [1.82, 2.24) is 0 Å². The highest BCUT2D eigenvalue weighted by atomic mass is 35.7. The zero-order valence-electron chi connectivity index (χ0n) is 7.72. The smallest absolute Gasteiger partial charge is 0.328 e. The maximum absolute atomic E-state index is 11.0. The Bertz CT molecular complexity index is 549. The van der Waals surface area contributed by atoms with Gasteiger partial charge in [0.25, 0.3) is 9.05 Å². The Morgan fingerprint density at radius 3 is 2.44 bits per heavy atom. The summed E-state index contributed by atoms with van der Waals surface area (Å²) in [6.07, 6.45) is 2.21. The summed E-state index contributed by atoms with van der Waals surface area (Å²) in [5.74, 6) is -1.11. The van der Waals surface area contributed by atoms with Gasteiger partial charge >= 0.3 is 5.97 Å². The predicted molar refractivity (Wildman–Crippen MR) is 61.2 cm³/mol. The number of hydrogen-bond donors (Lipinski definition) is 1. The van der Waals surface area contributed by atoms with Crippen LogP contribution in [0.3, 0.4) is 0 Å². The van der Waals surface area contributed by atoms with E-state index >= 15 is 0 Å². The van der Waals surface area contributed by atoms with E-state index in [2.05, 4.69) is 0 Å². The summed E-state index contributed by atoms with van der Waals surface area (Å²) in [4.78, 5) is 10.0. The number of rotatable bonds is 3. The topological polar surface area (TPSA) is 71.4 Å². The Balaban J connectivity index is 3.15. The monoisotopic (exact) mass is 280 g/mol. The summed E-state index contributed by atoms with van der Waals surface area (Å²) >= 11 is 5.68. The van der Waals surface area contributed by atoms with Crippen molar-refractivity contribution in [3.8, 4) is 0 Å². The Kier molecular flexibility index (Phi) is 3.96. The SMILES string of the molecule is O=C(O)/C=C/c1ccc(S(=O)(=O)Cl)c(Cl)c1. The van der Waals surface area contributed by atoms with Crippen molar-refractivity contribution in [2.45, 2.75) is 4.90 Å². The van der Waals surface area contributed by atoms with Crippen molar-refractivity contribution in [2.75, 3.05) is 0 Å². The number of carboxylic acid groups (broad SMARTS) is 1. The molecule has 0 saturated carbocycles. The van der Waals surface area contributed by atoms with Crippen LogP contribution in [0.1, 0.15) is 5.56 Å². The first-order valence-corrected chi connectivity index (χ1v) is 6.64. The van der Waals surface area contributed by atoms with E-state index < -0.39 is 15.0 Å². The molecule has 0 unspecified atom stereocenters. The normalized spacial score (nSPS) is 11.9. The molecule has 1 aromatic carbocycles. The van der Waals surface area contributed by atoms with Gasteiger partial charge in [-0.05, 0) is 23.8 Å². The Morgan fingerprint density at radius 1 is 1.38 bits per heavy atom. The van der Waals surface area contributed by atoms with E-state index in [1.807, 2.05) is 0 Å². The van der Waals surface area contributed by atoms with Crippen molar-refractivity contribution in [3.05, 3.63) is 34.9 Å². The van der Waals surface area contributed by atoms with Gasteiger partial charge in [0.05, 0.1) is 5.02 Å². The molecule has 0 aliphatic carbocycles. The molecule has 0 aliphatic heterocycles. The molecular weight excluding hydrogens is 275 g/mol. The third-order valence-electron chi connectivity index (χ3n) is 1.64. The molecule has 1 N–H and O–H groups in total. The van der Waals surface area contributed by atoms with Crippen LogP contribution in [0.5, 0.6) is 0 Å². The van der Waals surface area contributed by atoms with E-state index in [-0.39, 0.29) is 9.92 Å². The molecule has 0 radical (unpaired) electrons. The first-order valence-electron chi connectivity index (χ1n) is 3.96. The summed E-state index contributed by atoms with van der Waals surface area (Å²) in [7, 11) is 1.24. The molecule has 0 fully saturated rings. The van der Waals surface area contributed by atoms with Gasteiger partial charge in [-0.3, -0.25) is 0 Å². The van der Waals surface area contributed by atoms with Gasteiger partial charge in [-0.25, -0.2) is 13.2 Å². The molecule has 0 heterocycles. The summed E-state index contributed by atoms with van der Waals surface area (Å²) in [5.41, 5.74) is 0.469. The quantitative estimate of drug-likeness (QED) is 0.682. The molecular formula is C9H6Cl2O4S. The van der Waals surface area contributed by atoms with Gasteiger partial charge in [-0.1, -0.05) is 17.7 Å². The summed E-state index contributed by atoms with van der Waals surface area (Å²) < 4.78 is 22.0. The molecule has 4 nitrogen and oxygen atoms in total. The van der Waals surface area contributed by atoms with Crippen molar-refractivity contribution >= 4 is 43.4 Å². The molecule has 86 valence electrons. The van der Waals surface area contributed by atoms with Gasteiger partial charge in [0, 0.05) is 16.8 Å². The molecule has 0 saturated heterocycles. The van der Waals surface area contributed by atoms with E-state index in [1.165, 1.54) is 24.3 Å². The number of hydrogen-bond acceptors (Lipinski definition) is 3. The number of carboxylic acids is 1. The van der Waals surface area contributed by atoms with E-state index in [4.69, 9.17) is 27.4 Å².